The van der Waals surface area contributed by atoms with E-state index in [1.165, 1.54) is 30.0 Å². The summed E-state index contributed by atoms with van der Waals surface area (Å²) in [7, 11) is 0. The number of thiazole rings is 1. The highest BCUT2D eigenvalue weighted by molar-refractivity contribution is 7.99. The molecular weight excluding hydrogens is 422 g/mol. The second kappa shape index (κ2) is 8.17. The molecule has 4 heterocycles. The van der Waals surface area contributed by atoms with E-state index in [1.54, 1.807) is 4.52 Å². The number of nitrogens with zero attached hydrogens (tertiary/aromatic N) is 5. The lowest BCUT2D eigenvalue weighted by Crippen LogP contribution is -2.28. The number of nitrogens with one attached hydrogen (secondary N) is 2. The van der Waals surface area contributed by atoms with Crippen LogP contribution in [0.4, 0.5) is 10.9 Å². The van der Waals surface area contributed by atoms with Gasteiger partial charge in [0.05, 0.1) is 10.2 Å². The third-order valence-corrected chi connectivity index (χ3v) is 6.52. The Morgan fingerprint density at radius 1 is 1.23 bits per heavy atom. The highest BCUT2D eigenvalue weighted by Gasteiger charge is 2.16. The molecule has 4 aromatic rings. The van der Waals surface area contributed by atoms with Gasteiger partial charge < -0.3 is 15.4 Å². The molecule has 1 aromatic carbocycles. The Bertz CT molecular complexity index is 1220. The van der Waals surface area contributed by atoms with E-state index >= 15 is 0 Å². The van der Waals surface area contributed by atoms with E-state index in [0.29, 0.717) is 22.0 Å². The molecule has 0 spiro atoms. The van der Waals surface area contributed by atoms with Crippen LogP contribution in [0.25, 0.3) is 15.9 Å². The number of carbonyl (C=O) groups excluding carboxylic acids is 1. The molecule has 0 atom stereocenters. The van der Waals surface area contributed by atoms with E-state index in [0.717, 1.165) is 47.0 Å². The minimum atomic E-state index is -0.130. The molecule has 0 radical (unpaired) electrons. The first-order valence-electron chi connectivity index (χ1n) is 9.57. The van der Waals surface area contributed by atoms with Crippen molar-refractivity contribution in [3.63, 3.8) is 0 Å². The van der Waals surface area contributed by atoms with Gasteiger partial charge in [-0.1, -0.05) is 11.3 Å². The van der Waals surface area contributed by atoms with Crippen LogP contribution in [-0.4, -0.2) is 50.0 Å². The van der Waals surface area contributed by atoms with Crippen molar-refractivity contribution < 1.29 is 9.53 Å². The van der Waals surface area contributed by atoms with Gasteiger partial charge in [0.15, 0.2) is 10.8 Å². The largest absolute Gasteiger partial charge is 0.381 e. The molecule has 154 valence electrons. The fourth-order valence-electron chi connectivity index (χ4n) is 3.24. The number of hydrogen-bond acceptors (Lipinski definition) is 9. The molecule has 30 heavy (non-hydrogen) atoms. The van der Waals surface area contributed by atoms with Crippen molar-refractivity contribution in [2.24, 2.45) is 0 Å². The Morgan fingerprint density at radius 2 is 2.10 bits per heavy atom. The number of hydrogen-bond donors (Lipinski definition) is 2. The predicted octanol–water partition coefficient (Wildman–Crippen LogP) is 3.43. The lowest BCUT2D eigenvalue weighted by molar-refractivity contribution is -0.114. The first kappa shape index (κ1) is 19.2. The quantitative estimate of drug-likeness (QED) is 0.485. The van der Waals surface area contributed by atoms with Gasteiger partial charge in [-0.2, -0.15) is 4.52 Å². The van der Waals surface area contributed by atoms with Gasteiger partial charge in [0.1, 0.15) is 5.82 Å². The fraction of sp³-hybridized carbons (Fsp3) is 0.316. The highest BCUT2D eigenvalue weighted by Crippen LogP contribution is 2.33. The maximum absolute atomic E-state index is 11.3. The summed E-state index contributed by atoms with van der Waals surface area (Å²) in [6.07, 6.45) is 1.94. The number of ether oxygens (including phenoxy) is 1. The zero-order chi connectivity index (χ0) is 20.5. The van der Waals surface area contributed by atoms with Crippen molar-refractivity contribution in [3.05, 3.63) is 30.3 Å². The molecule has 5 rings (SSSR count). The molecule has 1 fully saturated rings. The standard InChI is InChI=1S/C19H19N7O2S2/c1-11(27)20-18-22-14-3-2-13(10-15(14)30-18)29-19-24-23-17-5-4-16(25-26(17)19)21-12-6-8-28-9-7-12/h2-5,10,12H,6-9H2,1H3,(H,21,25)(H,20,22,27). The van der Waals surface area contributed by atoms with Crippen LogP contribution in [0.5, 0.6) is 0 Å². The molecule has 0 aliphatic carbocycles. The number of carbonyl (C=O) groups is 1. The Morgan fingerprint density at radius 3 is 2.93 bits per heavy atom. The van der Waals surface area contributed by atoms with Crippen molar-refractivity contribution in [1.82, 2.24) is 24.8 Å². The third kappa shape index (κ3) is 4.09. The minimum absolute atomic E-state index is 0.130. The maximum atomic E-state index is 11.3. The zero-order valence-corrected chi connectivity index (χ0v) is 17.8. The average Bonchev–Trinajstić information content (AvgIpc) is 3.31. The van der Waals surface area contributed by atoms with E-state index in [9.17, 15) is 4.79 Å². The number of fused-ring (bicyclic) bond motifs is 2. The number of rotatable bonds is 5. The van der Waals surface area contributed by atoms with Crippen LogP contribution < -0.4 is 10.6 Å². The van der Waals surface area contributed by atoms with Gasteiger partial charge in [0.25, 0.3) is 0 Å². The summed E-state index contributed by atoms with van der Waals surface area (Å²) in [4.78, 5) is 16.7. The molecule has 1 saturated heterocycles. The molecule has 9 nitrogen and oxygen atoms in total. The van der Waals surface area contributed by atoms with Crippen molar-refractivity contribution >= 4 is 55.8 Å². The Balaban J connectivity index is 1.38. The van der Waals surface area contributed by atoms with E-state index in [4.69, 9.17) is 4.74 Å². The van der Waals surface area contributed by atoms with Crippen LogP contribution in [0, 0.1) is 0 Å². The van der Waals surface area contributed by atoms with Crippen molar-refractivity contribution in [2.45, 2.75) is 35.9 Å². The number of aromatic nitrogens is 5. The third-order valence-electron chi connectivity index (χ3n) is 4.66. The van der Waals surface area contributed by atoms with Crippen LogP contribution in [0.3, 0.4) is 0 Å². The average molecular weight is 442 g/mol. The van der Waals surface area contributed by atoms with Crippen LogP contribution >= 0.6 is 23.1 Å². The molecule has 0 bridgehead atoms. The highest BCUT2D eigenvalue weighted by atomic mass is 32.2. The normalized spacial score (nSPS) is 15.0. The van der Waals surface area contributed by atoms with E-state index in [1.807, 2.05) is 30.3 Å². The molecule has 2 N–H and O–H groups in total. The summed E-state index contributed by atoms with van der Waals surface area (Å²) >= 11 is 2.93. The Labute approximate surface area is 180 Å². The van der Waals surface area contributed by atoms with Gasteiger partial charge >= 0.3 is 0 Å². The second-order valence-electron chi connectivity index (χ2n) is 6.93. The molecule has 11 heteroatoms. The van der Waals surface area contributed by atoms with Gasteiger partial charge in [-0.15, -0.1) is 15.3 Å². The summed E-state index contributed by atoms with van der Waals surface area (Å²) in [5.74, 6) is 0.670. The molecule has 3 aromatic heterocycles. The number of benzene rings is 1. The predicted molar refractivity (Wildman–Crippen MR) is 116 cm³/mol. The Kier molecular flexibility index (Phi) is 5.23. The van der Waals surface area contributed by atoms with Crippen LogP contribution in [0.1, 0.15) is 19.8 Å². The van der Waals surface area contributed by atoms with Gasteiger partial charge in [-0.3, -0.25) is 4.79 Å². The molecule has 1 amide bonds. The summed E-state index contributed by atoms with van der Waals surface area (Å²) in [5, 5.41) is 20.7. The first-order chi connectivity index (χ1) is 14.6. The summed E-state index contributed by atoms with van der Waals surface area (Å²) in [5.41, 5.74) is 1.54. The summed E-state index contributed by atoms with van der Waals surface area (Å²) in [6.45, 7) is 3.02. The number of amides is 1. The zero-order valence-electron chi connectivity index (χ0n) is 16.2. The van der Waals surface area contributed by atoms with Gasteiger partial charge in [0, 0.05) is 31.1 Å². The summed E-state index contributed by atoms with van der Waals surface area (Å²) < 4.78 is 8.17. The first-order valence-corrected chi connectivity index (χ1v) is 11.2. The monoisotopic (exact) mass is 441 g/mol. The van der Waals surface area contributed by atoms with E-state index < -0.39 is 0 Å². The second-order valence-corrected chi connectivity index (χ2v) is 9.01. The lowest BCUT2D eigenvalue weighted by Gasteiger charge is -2.23. The van der Waals surface area contributed by atoms with Gasteiger partial charge in [-0.05, 0) is 54.9 Å². The smallest absolute Gasteiger partial charge is 0.223 e. The van der Waals surface area contributed by atoms with Crippen LogP contribution in [0.2, 0.25) is 0 Å². The van der Waals surface area contributed by atoms with Crippen molar-refractivity contribution in [3.8, 4) is 0 Å². The summed E-state index contributed by atoms with van der Waals surface area (Å²) in [6, 6.07) is 10.2. The molecule has 0 saturated carbocycles. The Hall–Kier alpha value is -2.76. The van der Waals surface area contributed by atoms with Gasteiger partial charge in [0.2, 0.25) is 11.1 Å². The molecular formula is C19H19N7O2S2. The van der Waals surface area contributed by atoms with Crippen molar-refractivity contribution in [2.75, 3.05) is 23.8 Å². The van der Waals surface area contributed by atoms with E-state index in [2.05, 4.69) is 30.9 Å². The fourth-order valence-corrected chi connectivity index (χ4v) is 5.09. The van der Waals surface area contributed by atoms with Gasteiger partial charge in [-0.25, -0.2) is 4.98 Å². The molecule has 1 aliphatic heterocycles. The topological polar surface area (TPSA) is 106 Å². The van der Waals surface area contributed by atoms with Crippen LogP contribution in [-0.2, 0) is 9.53 Å². The van der Waals surface area contributed by atoms with Crippen molar-refractivity contribution in [1.29, 1.82) is 0 Å². The molecule has 1 aliphatic rings. The minimum Gasteiger partial charge on any atom is -0.381 e. The van der Waals surface area contributed by atoms with Crippen LogP contribution in [0.15, 0.2) is 40.4 Å². The van der Waals surface area contributed by atoms with E-state index in [-0.39, 0.29) is 5.91 Å². The molecule has 0 unspecified atom stereocenters. The lowest BCUT2D eigenvalue weighted by atomic mass is 10.1. The maximum Gasteiger partial charge on any atom is 0.223 e. The number of anilines is 2. The SMILES string of the molecule is CC(=O)Nc1nc2ccc(Sc3nnc4ccc(NC5CCOCC5)nn34)cc2s1.